The number of methoxy groups -OCH3 is 1. The van der Waals surface area contributed by atoms with E-state index in [-0.39, 0.29) is 30.1 Å². The predicted octanol–water partition coefficient (Wildman–Crippen LogP) is 1.65. The van der Waals surface area contributed by atoms with Crippen molar-refractivity contribution < 1.29 is 23.4 Å². The van der Waals surface area contributed by atoms with Crippen molar-refractivity contribution in [1.82, 2.24) is 4.90 Å². The van der Waals surface area contributed by atoms with E-state index >= 15 is 0 Å². The molecule has 1 saturated carbocycles. The zero-order chi connectivity index (χ0) is 19.9. The lowest BCUT2D eigenvalue weighted by Gasteiger charge is -2.47. The summed E-state index contributed by atoms with van der Waals surface area (Å²) in [7, 11) is 3.16. The number of amides is 1. The van der Waals surface area contributed by atoms with E-state index in [1.54, 1.807) is 26.3 Å². The third kappa shape index (κ3) is 3.35. The molecule has 28 heavy (non-hydrogen) atoms. The van der Waals surface area contributed by atoms with Crippen molar-refractivity contribution in [3.8, 4) is 5.75 Å². The van der Waals surface area contributed by atoms with Gasteiger partial charge in [0.15, 0.2) is 5.96 Å². The maximum Gasteiger partial charge on any atom is 0.235 e. The summed E-state index contributed by atoms with van der Waals surface area (Å²) in [4.78, 5) is 18.9. The number of nitrogens with zero attached hydrogens (tertiary/aromatic N) is 2. The van der Waals surface area contributed by atoms with Crippen LogP contribution in [0.15, 0.2) is 23.2 Å². The molecule has 7 nitrogen and oxygen atoms in total. The van der Waals surface area contributed by atoms with Crippen molar-refractivity contribution in [2.24, 2.45) is 22.6 Å². The van der Waals surface area contributed by atoms with Crippen molar-refractivity contribution in [3.63, 3.8) is 0 Å². The Hall–Kier alpha value is -2.19. The molecule has 0 unspecified atom stereocenters. The number of hydrogen-bond acceptors (Lipinski definition) is 6. The molecule has 4 rings (SSSR count). The minimum absolute atomic E-state index is 0.0506. The van der Waals surface area contributed by atoms with Crippen molar-refractivity contribution in [2.75, 3.05) is 34.0 Å². The number of carbonyl (C=O) groups is 1. The fourth-order valence-electron chi connectivity index (χ4n) is 3.96. The van der Waals surface area contributed by atoms with E-state index in [0.29, 0.717) is 31.3 Å². The second-order valence-electron chi connectivity index (χ2n) is 7.86. The van der Waals surface area contributed by atoms with E-state index in [2.05, 4.69) is 4.99 Å². The first-order valence-electron chi connectivity index (χ1n) is 9.61. The molecular formula is C20H26FN3O4. The van der Waals surface area contributed by atoms with Crippen LogP contribution in [0.4, 0.5) is 4.39 Å². The average Bonchev–Trinajstić information content (AvgIpc) is 3.51. The van der Waals surface area contributed by atoms with Gasteiger partial charge in [-0.05, 0) is 43.4 Å². The highest BCUT2D eigenvalue weighted by Crippen LogP contribution is 2.46. The number of fused-ring (bicyclic) bond motifs is 1. The Bertz CT molecular complexity index is 798. The van der Waals surface area contributed by atoms with Gasteiger partial charge in [-0.15, -0.1) is 0 Å². The van der Waals surface area contributed by atoms with Crippen LogP contribution in [0.3, 0.4) is 0 Å². The van der Waals surface area contributed by atoms with Crippen LogP contribution in [0, 0.1) is 17.7 Å². The number of carbonyl (C=O) groups excluding carboxylic acids is 1. The van der Waals surface area contributed by atoms with Gasteiger partial charge >= 0.3 is 0 Å². The van der Waals surface area contributed by atoms with E-state index in [9.17, 15) is 9.18 Å². The molecule has 1 aromatic carbocycles. The van der Waals surface area contributed by atoms with Gasteiger partial charge < -0.3 is 19.9 Å². The van der Waals surface area contributed by atoms with Crippen molar-refractivity contribution in [2.45, 2.75) is 30.9 Å². The summed E-state index contributed by atoms with van der Waals surface area (Å²) in [5.74, 6) is -0.0425. The first kappa shape index (κ1) is 19.1. The SMILES string of the molecule is COC[C@H]1C[C@H]2C(=O)N(C)C(N)=N[C@@]2(c2cc(OCC3CC3)ccc2F)CO1. The number of benzene rings is 1. The Labute approximate surface area is 163 Å². The van der Waals surface area contributed by atoms with Crippen LogP contribution in [0.2, 0.25) is 0 Å². The van der Waals surface area contributed by atoms with Crippen LogP contribution in [0.1, 0.15) is 24.8 Å². The van der Waals surface area contributed by atoms with E-state index in [1.165, 1.54) is 11.0 Å². The summed E-state index contributed by atoms with van der Waals surface area (Å²) < 4.78 is 31.9. The fourth-order valence-corrected chi connectivity index (χ4v) is 3.96. The van der Waals surface area contributed by atoms with Crippen LogP contribution in [0.25, 0.3) is 0 Å². The molecule has 2 N–H and O–H groups in total. The van der Waals surface area contributed by atoms with Gasteiger partial charge in [0.2, 0.25) is 5.91 Å². The van der Waals surface area contributed by atoms with Crippen molar-refractivity contribution >= 4 is 11.9 Å². The number of rotatable bonds is 6. The lowest BCUT2D eigenvalue weighted by atomic mass is 9.72. The van der Waals surface area contributed by atoms with E-state index in [1.807, 2.05) is 0 Å². The van der Waals surface area contributed by atoms with Crippen LogP contribution < -0.4 is 10.5 Å². The largest absolute Gasteiger partial charge is 0.493 e. The minimum Gasteiger partial charge on any atom is -0.493 e. The number of hydrogen-bond donors (Lipinski definition) is 1. The molecular weight excluding hydrogens is 365 g/mol. The lowest BCUT2D eigenvalue weighted by molar-refractivity contribution is -0.148. The molecule has 1 saturated heterocycles. The molecule has 1 amide bonds. The predicted molar refractivity (Wildman–Crippen MR) is 100 cm³/mol. The van der Waals surface area contributed by atoms with Gasteiger partial charge in [0.25, 0.3) is 0 Å². The maximum absolute atomic E-state index is 15.0. The topological polar surface area (TPSA) is 86.4 Å². The lowest BCUT2D eigenvalue weighted by Crippen LogP contribution is -2.60. The van der Waals surface area contributed by atoms with Gasteiger partial charge in [-0.25, -0.2) is 9.38 Å². The average molecular weight is 391 g/mol. The Morgan fingerprint density at radius 2 is 2.18 bits per heavy atom. The van der Waals surface area contributed by atoms with Gasteiger partial charge in [0.1, 0.15) is 17.1 Å². The molecule has 0 aromatic heterocycles. The third-order valence-electron chi connectivity index (χ3n) is 5.84. The Morgan fingerprint density at radius 1 is 1.39 bits per heavy atom. The minimum atomic E-state index is -1.21. The summed E-state index contributed by atoms with van der Waals surface area (Å²) >= 11 is 0. The van der Waals surface area contributed by atoms with Gasteiger partial charge in [-0.1, -0.05) is 0 Å². The zero-order valence-electron chi connectivity index (χ0n) is 16.2. The second kappa shape index (κ2) is 7.33. The highest BCUT2D eigenvalue weighted by Gasteiger charge is 2.54. The summed E-state index contributed by atoms with van der Waals surface area (Å²) in [5.41, 5.74) is 5.08. The van der Waals surface area contributed by atoms with Crippen molar-refractivity contribution in [1.29, 1.82) is 0 Å². The monoisotopic (exact) mass is 391 g/mol. The molecule has 2 fully saturated rings. The number of nitrogens with two attached hydrogens (primary N) is 1. The molecule has 2 heterocycles. The van der Waals surface area contributed by atoms with Gasteiger partial charge in [0, 0.05) is 19.7 Å². The quantitative estimate of drug-likeness (QED) is 0.797. The number of halogens is 1. The maximum atomic E-state index is 15.0. The summed E-state index contributed by atoms with van der Waals surface area (Å²) in [5, 5.41) is 0. The molecule has 8 heteroatoms. The Morgan fingerprint density at radius 3 is 2.89 bits per heavy atom. The summed E-state index contributed by atoms with van der Waals surface area (Å²) in [6, 6.07) is 4.60. The fraction of sp³-hybridized carbons (Fsp3) is 0.600. The first-order chi connectivity index (χ1) is 13.4. The number of guanidine groups is 1. The Kier molecular flexibility index (Phi) is 5.01. The molecule has 0 bridgehead atoms. The second-order valence-corrected chi connectivity index (χ2v) is 7.86. The molecule has 1 aliphatic carbocycles. The smallest absolute Gasteiger partial charge is 0.235 e. The summed E-state index contributed by atoms with van der Waals surface area (Å²) in [6.07, 6.45) is 2.44. The highest BCUT2D eigenvalue weighted by molar-refractivity contribution is 6.00. The standard InChI is InChI=1S/C20H26FN3O4/c1-24-18(25)16-8-14(10-26-2)28-11-20(16,23-19(24)22)15-7-13(5-6-17(15)21)27-9-12-3-4-12/h5-7,12,14,16H,3-4,8-11H2,1-2H3,(H2,22,23)/t14-,16+,20-/m1/s1. The van der Waals surface area contributed by atoms with Crippen LogP contribution in [0.5, 0.6) is 5.75 Å². The molecule has 2 aliphatic heterocycles. The summed E-state index contributed by atoms with van der Waals surface area (Å²) in [6.45, 7) is 1.02. The van der Waals surface area contributed by atoms with E-state index in [0.717, 1.165) is 12.8 Å². The number of ether oxygens (including phenoxy) is 3. The van der Waals surface area contributed by atoms with Crippen molar-refractivity contribution in [3.05, 3.63) is 29.6 Å². The Balaban J connectivity index is 1.73. The van der Waals surface area contributed by atoms with Gasteiger partial charge in [0.05, 0.1) is 31.8 Å². The molecule has 0 radical (unpaired) electrons. The molecule has 0 spiro atoms. The number of aliphatic imine (C=N–C) groups is 1. The van der Waals surface area contributed by atoms with E-state index < -0.39 is 17.3 Å². The van der Waals surface area contributed by atoms with Crippen LogP contribution in [-0.2, 0) is 19.8 Å². The highest BCUT2D eigenvalue weighted by atomic mass is 19.1. The van der Waals surface area contributed by atoms with Gasteiger partial charge in [-0.3, -0.25) is 9.69 Å². The van der Waals surface area contributed by atoms with Crippen LogP contribution >= 0.6 is 0 Å². The molecule has 3 aliphatic rings. The zero-order valence-corrected chi connectivity index (χ0v) is 16.2. The molecule has 152 valence electrons. The third-order valence-corrected chi connectivity index (χ3v) is 5.84. The normalized spacial score (nSPS) is 30.0. The first-order valence-corrected chi connectivity index (χ1v) is 9.61. The van der Waals surface area contributed by atoms with Gasteiger partial charge in [-0.2, -0.15) is 0 Å². The van der Waals surface area contributed by atoms with Crippen LogP contribution in [-0.4, -0.2) is 56.8 Å². The van der Waals surface area contributed by atoms with E-state index in [4.69, 9.17) is 19.9 Å². The molecule has 3 atom stereocenters. The molecule has 1 aromatic rings.